The molecule has 18 heavy (non-hydrogen) atoms. The van der Waals surface area contributed by atoms with Crippen molar-refractivity contribution in [3.05, 3.63) is 29.8 Å². The molecule has 1 aromatic carbocycles. The zero-order chi connectivity index (χ0) is 13.5. The van der Waals surface area contributed by atoms with Gasteiger partial charge in [-0.3, -0.25) is 9.59 Å². The van der Waals surface area contributed by atoms with Gasteiger partial charge in [-0.05, 0) is 24.1 Å². The lowest BCUT2D eigenvalue weighted by Crippen LogP contribution is -2.41. The van der Waals surface area contributed by atoms with E-state index in [-0.39, 0.29) is 6.54 Å². The normalized spacial score (nSPS) is 9.39. The Balaban J connectivity index is 2.73. The van der Waals surface area contributed by atoms with Crippen molar-refractivity contribution in [2.24, 2.45) is 0 Å². The molecule has 5 heteroatoms. The lowest BCUT2D eigenvalue weighted by molar-refractivity contribution is -0.137. The maximum atomic E-state index is 11.7. The number of carbonyl (C=O) groups is 2. The van der Waals surface area contributed by atoms with Crippen LogP contribution in [0.2, 0.25) is 0 Å². The molecule has 0 saturated heterocycles. The number of nitrogens with zero attached hydrogens (tertiary/aromatic N) is 2. The van der Waals surface area contributed by atoms with Crippen molar-refractivity contribution in [2.45, 2.75) is 13.3 Å². The Hall–Kier alpha value is -2.35. The van der Waals surface area contributed by atoms with Gasteiger partial charge in [0.15, 0.2) is 0 Å². The van der Waals surface area contributed by atoms with Gasteiger partial charge in [-0.2, -0.15) is 5.26 Å². The number of rotatable bonds is 3. The molecule has 0 radical (unpaired) electrons. The maximum Gasteiger partial charge on any atom is 0.316 e. The number of anilines is 1. The number of hydrogen-bond acceptors (Lipinski definition) is 3. The molecule has 0 fully saturated rings. The van der Waals surface area contributed by atoms with Gasteiger partial charge in [-0.25, -0.2) is 0 Å². The first-order valence-corrected chi connectivity index (χ1v) is 5.62. The van der Waals surface area contributed by atoms with E-state index in [4.69, 9.17) is 5.26 Å². The SMILES string of the molecule is CCc1ccc(N(C)C(=O)C(=O)NCC#N)cc1. The molecule has 0 aliphatic carbocycles. The summed E-state index contributed by atoms with van der Waals surface area (Å²) in [5.41, 5.74) is 1.80. The molecule has 0 unspecified atom stereocenters. The van der Waals surface area contributed by atoms with Crippen molar-refractivity contribution in [1.82, 2.24) is 5.32 Å². The number of nitriles is 1. The number of carbonyl (C=O) groups excluding carboxylic acids is 2. The Morgan fingerprint density at radius 2 is 1.94 bits per heavy atom. The zero-order valence-corrected chi connectivity index (χ0v) is 10.4. The van der Waals surface area contributed by atoms with Crippen LogP contribution in [0.5, 0.6) is 0 Å². The van der Waals surface area contributed by atoms with E-state index < -0.39 is 11.8 Å². The summed E-state index contributed by atoms with van der Waals surface area (Å²) in [5.74, 6) is -1.46. The minimum atomic E-state index is -0.779. The fourth-order valence-corrected chi connectivity index (χ4v) is 1.42. The summed E-state index contributed by atoms with van der Waals surface area (Å²) < 4.78 is 0. The Labute approximate surface area is 106 Å². The van der Waals surface area contributed by atoms with E-state index in [9.17, 15) is 9.59 Å². The van der Waals surface area contributed by atoms with Crippen LogP contribution in [0.15, 0.2) is 24.3 Å². The van der Waals surface area contributed by atoms with E-state index in [2.05, 4.69) is 5.32 Å². The van der Waals surface area contributed by atoms with Crippen molar-refractivity contribution < 1.29 is 9.59 Å². The van der Waals surface area contributed by atoms with Gasteiger partial charge < -0.3 is 10.2 Å². The molecule has 5 nitrogen and oxygen atoms in total. The third-order valence-electron chi connectivity index (χ3n) is 2.56. The lowest BCUT2D eigenvalue weighted by atomic mass is 10.1. The van der Waals surface area contributed by atoms with Crippen LogP contribution in [0, 0.1) is 11.3 Å². The van der Waals surface area contributed by atoms with Crippen molar-refractivity contribution in [2.75, 3.05) is 18.5 Å². The van der Waals surface area contributed by atoms with Gasteiger partial charge in [0, 0.05) is 12.7 Å². The topological polar surface area (TPSA) is 73.2 Å². The number of nitrogens with one attached hydrogen (secondary N) is 1. The van der Waals surface area contributed by atoms with Crippen LogP contribution in [0.25, 0.3) is 0 Å². The second-order valence-electron chi connectivity index (χ2n) is 3.72. The number of aryl methyl sites for hydroxylation is 1. The zero-order valence-electron chi connectivity index (χ0n) is 10.4. The van der Waals surface area contributed by atoms with E-state index >= 15 is 0 Å². The van der Waals surface area contributed by atoms with E-state index in [1.807, 2.05) is 19.1 Å². The predicted molar refractivity (Wildman–Crippen MR) is 67.9 cm³/mol. The molecule has 0 atom stereocenters. The lowest BCUT2D eigenvalue weighted by Gasteiger charge is -2.16. The summed E-state index contributed by atoms with van der Waals surface area (Å²) in [6.07, 6.45) is 0.917. The fraction of sp³-hybridized carbons (Fsp3) is 0.308. The Kier molecular flexibility index (Phi) is 4.88. The number of hydrogen-bond donors (Lipinski definition) is 1. The molecule has 0 aliphatic heterocycles. The monoisotopic (exact) mass is 245 g/mol. The minimum Gasteiger partial charge on any atom is -0.335 e. The van der Waals surface area contributed by atoms with Crippen LogP contribution in [-0.2, 0) is 16.0 Å². The van der Waals surface area contributed by atoms with Crippen molar-refractivity contribution >= 4 is 17.5 Å². The van der Waals surface area contributed by atoms with E-state index in [0.29, 0.717) is 5.69 Å². The fourth-order valence-electron chi connectivity index (χ4n) is 1.42. The second kappa shape index (κ2) is 6.40. The standard InChI is InChI=1S/C13H15N3O2/c1-3-10-4-6-11(7-5-10)16(2)13(18)12(17)15-9-8-14/h4-7H,3,9H2,1-2H3,(H,15,17). The second-order valence-corrected chi connectivity index (χ2v) is 3.72. The predicted octanol–water partition coefficient (Wildman–Crippen LogP) is 0.852. The summed E-state index contributed by atoms with van der Waals surface area (Å²) in [4.78, 5) is 24.4. The molecule has 0 aliphatic rings. The molecule has 0 spiro atoms. The van der Waals surface area contributed by atoms with E-state index in [1.165, 1.54) is 11.9 Å². The van der Waals surface area contributed by atoms with Gasteiger partial charge in [0.05, 0.1) is 6.07 Å². The highest BCUT2D eigenvalue weighted by Gasteiger charge is 2.19. The molecular formula is C13H15N3O2. The van der Waals surface area contributed by atoms with Crippen LogP contribution in [0.3, 0.4) is 0 Å². The van der Waals surface area contributed by atoms with Gasteiger partial charge in [0.2, 0.25) is 0 Å². The first kappa shape index (κ1) is 13.7. The van der Waals surface area contributed by atoms with Gasteiger partial charge in [-0.15, -0.1) is 0 Å². The highest BCUT2D eigenvalue weighted by molar-refractivity contribution is 6.40. The van der Waals surface area contributed by atoms with Crippen LogP contribution < -0.4 is 10.2 Å². The molecule has 1 aromatic rings. The molecule has 94 valence electrons. The average molecular weight is 245 g/mol. The van der Waals surface area contributed by atoms with Crippen LogP contribution in [0.4, 0.5) is 5.69 Å². The minimum absolute atomic E-state index is 0.173. The van der Waals surface area contributed by atoms with Crippen LogP contribution in [-0.4, -0.2) is 25.4 Å². The molecule has 2 amide bonds. The highest BCUT2D eigenvalue weighted by Crippen LogP contribution is 2.14. The van der Waals surface area contributed by atoms with E-state index in [1.54, 1.807) is 18.2 Å². The summed E-state index contributed by atoms with van der Waals surface area (Å²) in [6, 6.07) is 9.13. The van der Waals surface area contributed by atoms with Gasteiger partial charge in [0.1, 0.15) is 6.54 Å². The smallest absolute Gasteiger partial charge is 0.316 e. The van der Waals surface area contributed by atoms with Crippen molar-refractivity contribution in [1.29, 1.82) is 5.26 Å². The molecule has 0 aromatic heterocycles. The van der Waals surface area contributed by atoms with E-state index in [0.717, 1.165) is 12.0 Å². The first-order valence-electron chi connectivity index (χ1n) is 5.62. The van der Waals surface area contributed by atoms with Crippen molar-refractivity contribution in [3.8, 4) is 6.07 Å². The summed E-state index contributed by atoms with van der Waals surface area (Å²) in [6.45, 7) is 1.87. The molecule has 0 bridgehead atoms. The Morgan fingerprint density at radius 3 is 2.44 bits per heavy atom. The highest BCUT2D eigenvalue weighted by atomic mass is 16.2. The van der Waals surface area contributed by atoms with Crippen molar-refractivity contribution in [3.63, 3.8) is 0 Å². The van der Waals surface area contributed by atoms with Crippen LogP contribution in [0.1, 0.15) is 12.5 Å². The number of amides is 2. The first-order chi connectivity index (χ1) is 8.60. The average Bonchev–Trinajstić information content (AvgIpc) is 2.43. The third-order valence-corrected chi connectivity index (χ3v) is 2.56. The maximum absolute atomic E-state index is 11.7. The molecule has 1 rings (SSSR count). The quantitative estimate of drug-likeness (QED) is 0.633. The Bertz CT molecular complexity index is 474. The Morgan fingerprint density at radius 1 is 1.33 bits per heavy atom. The molecule has 0 saturated carbocycles. The number of likely N-dealkylation sites (N-methyl/N-ethyl adjacent to an activating group) is 1. The molecule has 1 N–H and O–H groups in total. The summed E-state index contributed by atoms with van der Waals surface area (Å²) in [5, 5.41) is 10.5. The summed E-state index contributed by atoms with van der Waals surface area (Å²) in [7, 11) is 1.52. The number of benzene rings is 1. The van der Waals surface area contributed by atoms with Gasteiger partial charge in [-0.1, -0.05) is 19.1 Å². The molecule has 0 heterocycles. The summed E-state index contributed by atoms with van der Waals surface area (Å²) >= 11 is 0. The van der Waals surface area contributed by atoms with Gasteiger partial charge in [0.25, 0.3) is 0 Å². The molecular weight excluding hydrogens is 230 g/mol. The van der Waals surface area contributed by atoms with Gasteiger partial charge >= 0.3 is 11.8 Å². The van der Waals surface area contributed by atoms with Crippen LogP contribution >= 0.6 is 0 Å². The third kappa shape index (κ3) is 3.32. The largest absolute Gasteiger partial charge is 0.335 e.